The van der Waals surface area contributed by atoms with Crippen LogP contribution in [0.3, 0.4) is 0 Å². The quantitative estimate of drug-likeness (QED) is 0.838. The van der Waals surface area contributed by atoms with Crippen molar-refractivity contribution in [2.75, 3.05) is 0 Å². The lowest BCUT2D eigenvalue weighted by Gasteiger charge is -2.18. The third-order valence-corrected chi connectivity index (χ3v) is 3.46. The van der Waals surface area contributed by atoms with Crippen LogP contribution >= 0.6 is 0 Å². The van der Waals surface area contributed by atoms with Gasteiger partial charge < -0.3 is 5.32 Å². The van der Waals surface area contributed by atoms with E-state index in [1.54, 1.807) is 12.1 Å². The highest BCUT2D eigenvalue weighted by Gasteiger charge is 2.09. The monoisotopic (exact) mass is 257 g/mol. The SMILES string of the molecule is CCC(NCc1ccccc1C)c1cccc(F)c1. The normalized spacial score (nSPS) is 12.4. The summed E-state index contributed by atoms with van der Waals surface area (Å²) in [5, 5.41) is 3.50. The molecule has 0 aliphatic heterocycles. The van der Waals surface area contributed by atoms with E-state index in [0.717, 1.165) is 18.5 Å². The van der Waals surface area contributed by atoms with Crippen LogP contribution in [-0.4, -0.2) is 0 Å². The van der Waals surface area contributed by atoms with E-state index >= 15 is 0 Å². The maximum Gasteiger partial charge on any atom is 0.123 e. The van der Waals surface area contributed by atoms with Crippen molar-refractivity contribution in [3.63, 3.8) is 0 Å². The Morgan fingerprint density at radius 1 is 1.11 bits per heavy atom. The van der Waals surface area contributed by atoms with Crippen LogP contribution in [0.25, 0.3) is 0 Å². The molecule has 100 valence electrons. The van der Waals surface area contributed by atoms with Gasteiger partial charge in [0.1, 0.15) is 5.82 Å². The molecule has 0 saturated carbocycles. The van der Waals surface area contributed by atoms with E-state index < -0.39 is 0 Å². The summed E-state index contributed by atoms with van der Waals surface area (Å²) < 4.78 is 13.3. The van der Waals surface area contributed by atoms with Crippen molar-refractivity contribution in [1.29, 1.82) is 0 Å². The molecular weight excluding hydrogens is 237 g/mol. The van der Waals surface area contributed by atoms with E-state index in [-0.39, 0.29) is 11.9 Å². The van der Waals surface area contributed by atoms with E-state index in [9.17, 15) is 4.39 Å². The lowest BCUT2D eigenvalue weighted by Crippen LogP contribution is -2.20. The van der Waals surface area contributed by atoms with Gasteiger partial charge in [0.05, 0.1) is 0 Å². The number of hydrogen-bond donors (Lipinski definition) is 1. The fourth-order valence-electron chi connectivity index (χ4n) is 2.26. The molecule has 2 aromatic carbocycles. The Morgan fingerprint density at radius 2 is 1.89 bits per heavy atom. The van der Waals surface area contributed by atoms with Crippen LogP contribution in [-0.2, 0) is 6.54 Å². The summed E-state index contributed by atoms with van der Waals surface area (Å²) in [5.41, 5.74) is 3.58. The molecule has 1 N–H and O–H groups in total. The third kappa shape index (κ3) is 3.65. The van der Waals surface area contributed by atoms with Gasteiger partial charge in [-0.2, -0.15) is 0 Å². The molecule has 0 radical (unpaired) electrons. The molecule has 19 heavy (non-hydrogen) atoms. The molecule has 0 aliphatic rings. The number of aryl methyl sites for hydroxylation is 1. The van der Waals surface area contributed by atoms with Crippen LogP contribution in [0.2, 0.25) is 0 Å². The molecule has 0 fully saturated rings. The van der Waals surface area contributed by atoms with Crippen LogP contribution < -0.4 is 5.32 Å². The summed E-state index contributed by atoms with van der Waals surface area (Å²) in [5.74, 6) is -0.173. The summed E-state index contributed by atoms with van der Waals surface area (Å²) in [6.45, 7) is 5.03. The van der Waals surface area contributed by atoms with Crippen LogP contribution in [0.1, 0.15) is 36.1 Å². The summed E-state index contributed by atoms with van der Waals surface area (Å²) in [4.78, 5) is 0. The Hall–Kier alpha value is -1.67. The number of rotatable bonds is 5. The van der Waals surface area contributed by atoms with Crippen molar-refractivity contribution in [2.24, 2.45) is 0 Å². The second-order valence-corrected chi connectivity index (χ2v) is 4.82. The van der Waals surface area contributed by atoms with E-state index in [1.165, 1.54) is 17.2 Å². The fraction of sp³-hybridized carbons (Fsp3) is 0.294. The van der Waals surface area contributed by atoms with Gasteiger partial charge in [0.2, 0.25) is 0 Å². The Balaban J connectivity index is 2.06. The molecule has 2 aromatic rings. The zero-order valence-electron chi connectivity index (χ0n) is 11.5. The minimum atomic E-state index is -0.173. The van der Waals surface area contributed by atoms with E-state index in [2.05, 4.69) is 31.3 Å². The average Bonchev–Trinajstić information content (AvgIpc) is 2.41. The van der Waals surface area contributed by atoms with Crippen molar-refractivity contribution < 1.29 is 4.39 Å². The van der Waals surface area contributed by atoms with E-state index in [4.69, 9.17) is 0 Å². The first kappa shape index (κ1) is 13.8. The van der Waals surface area contributed by atoms with Gasteiger partial charge in [-0.1, -0.05) is 43.3 Å². The molecule has 1 atom stereocenters. The van der Waals surface area contributed by atoms with Crippen molar-refractivity contribution in [2.45, 2.75) is 32.9 Å². The lowest BCUT2D eigenvalue weighted by molar-refractivity contribution is 0.513. The molecular formula is C17H20FN. The molecule has 0 bridgehead atoms. The first-order chi connectivity index (χ1) is 9.20. The average molecular weight is 257 g/mol. The van der Waals surface area contributed by atoms with Gasteiger partial charge in [-0.25, -0.2) is 4.39 Å². The Labute approximate surface area is 114 Å². The summed E-state index contributed by atoms with van der Waals surface area (Å²) in [6.07, 6.45) is 0.940. The maximum absolute atomic E-state index is 13.3. The third-order valence-electron chi connectivity index (χ3n) is 3.46. The molecule has 0 aromatic heterocycles. The smallest absolute Gasteiger partial charge is 0.123 e. The maximum atomic E-state index is 13.3. The summed E-state index contributed by atoms with van der Waals surface area (Å²) >= 11 is 0. The Morgan fingerprint density at radius 3 is 2.58 bits per heavy atom. The molecule has 0 saturated heterocycles. The van der Waals surface area contributed by atoms with Crippen molar-refractivity contribution in [3.8, 4) is 0 Å². The number of nitrogens with one attached hydrogen (secondary N) is 1. The van der Waals surface area contributed by atoms with Crippen molar-refractivity contribution in [3.05, 3.63) is 71.0 Å². The minimum absolute atomic E-state index is 0.173. The topological polar surface area (TPSA) is 12.0 Å². The molecule has 1 unspecified atom stereocenters. The summed E-state index contributed by atoms with van der Waals surface area (Å²) in [6, 6.07) is 15.4. The highest BCUT2D eigenvalue weighted by molar-refractivity contribution is 5.26. The van der Waals surface area contributed by atoms with Gasteiger partial charge in [0.15, 0.2) is 0 Å². The number of halogens is 1. The molecule has 0 heterocycles. The van der Waals surface area contributed by atoms with Crippen molar-refractivity contribution in [1.82, 2.24) is 5.32 Å². The second-order valence-electron chi connectivity index (χ2n) is 4.82. The van der Waals surface area contributed by atoms with Gasteiger partial charge in [0.25, 0.3) is 0 Å². The van der Waals surface area contributed by atoms with Gasteiger partial charge in [-0.3, -0.25) is 0 Å². The molecule has 0 aliphatic carbocycles. The lowest BCUT2D eigenvalue weighted by atomic mass is 10.0. The second kappa shape index (κ2) is 6.48. The highest BCUT2D eigenvalue weighted by Crippen LogP contribution is 2.18. The predicted molar refractivity (Wildman–Crippen MR) is 77.5 cm³/mol. The molecule has 0 spiro atoms. The molecule has 2 rings (SSSR count). The van der Waals surface area contributed by atoms with Gasteiger partial charge >= 0.3 is 0 Å². The first-order valence-electron chi connectivity index (χ1n) is 6.74. The number of benzene rings is 2. The zero-order chi connectivity index (χ0) is 13.7. The fourth-order valence-corrected chi connectivity index (χ4v) is 2.26. The largest absolute Gasteiger partial charge is 0.306 e. The van der Waals surface area contributed by atoms with Crippen LogP contribution in [0.5, 0.6) is 0 Å². The zero-order valence-corrected chi connectivity index (χ0v) is 11.5. The Kier molecular flexibility index (Phi) is 4.69. The number of hydrogen-bond acceptors (Lipinski definition) is 1. The van der Waals surface area contributed by atoms with Crippen LogP contribution in [0.15, 0.2) is 48.5 Å². The van der Waals surface area contributed by atoms with E-state index in [1.807, 2.05) is 18.2 Å². The van der Waals surface area contributed by atoms with Crippen LogP contribution in [0, 0.1) is 12.7 Å². The first-order valence-corrected chi connectivity index (χ1v) is 6.74. The Bertz CT molecular complexity index is 536. The van der Waals surface area contributed by atoms with Gasteiger partial charge in [0, 0.05) is 12.6 Å². The van der Waals surface area contributed by atoms with Gasteiger partial charge in [-0.15, -0.1) is 0 Å². The standard InChI is InChI=1S/C17H20FN/c1-3-17(14-9-6-10-16(18)11-14)19-12-15-8-5-4-7-13(15)2/h4-11,17,19H,3,12H2,1-2H3. The molecule has 0 amide bonds. The van der Waals surface area contributed by atoms with Crippen LogP contribution in [0.4, 0.5) is 4.39 Å². The summed E-state index contributed by atoms with van der Waals surface area (Å²) in [7, 11) is 0. The minimum Gasteiger partial charge on any atom is -0.306 e. The van der Waals surface area contributed by atoms with E-state index in [0.29, 0.717) is 0 Å². The molecule has 1 nitrogen and oxygen atoms in total. The predicted octanol–water partition coefficient (Wildman–Crippen LogP) is 4.38. The van der Waals surface area contributed by atoms with Gasteiger partial charge in [-0.05, 0) is 42.2 Å². The molecule has 2 heteroatoms. The highest BCUT2D eigenvalue weighted by atomic mass is 19.1. The van der Waals surface area contributed by atoms with Crippen molar-refractivity contribution >= 4 is 0 Å².